The van der Waals surface area contributed by atoms with Crippen LogP contribution in [0.1, 0.15) is 73.8 Å². The minimum atomic E-state index is -1.51. The van der Waals surface area contributed by atoms with Gasteiger partial charge in [-0.3, -0.25) is 4.90 Å². The maximum absolute atomic E-state index is 13.6. The van der Waals surface area contributed by atoms with Gasteiger partial charge in [-0.1, -0.05) is 58.9 Å². The smallest absolute Gasteiger partial charge is 0.608 e. The third-order valence-corrected chi connectivity index (χ3v) is 5.13. The van der Waals surface area contributed by atoms with Gasteiger partial charge in [-0.2, -0.15) is 0 Å². The molecule has 8 heteroatoms. The van der Waals surface area contributed by atoms with Crippen LogP contribution in [0, 0.1) is 5.92 Å². The predicted octanol–water partition coefficient (Wildman–Crippen LogP) is 1.50. The summed E-state index contributed by atoms with van der Waals surface area (Å²) in [5.74, 6) is -2.36. The summed E-state index contributed by atoms with van der Waals surface area (Å²) in [5.41, 5.74) is -1.84. The first-order chi connectivity index (χ1) is 14.6. The molecule has 0 saturated heterocycles. The van der Waals surface area contributed by atoms with E-state index in [1.807, 2.05) is 26.0 Å². The molecule has 2 atom stereocenters. The van der Waals surface area contributed by atoms with E-state index in [0.717, 1.165) is 0 Å². The summed E-state index contributed by atoms with van der Waals surface area (Å²) in [5, 5.41) is 12.9. The number of esters is 1. The second-order valence-electron chi connectivity index (χ2n) is 10.3. The molecule has 1 aromatic carbocycles. The standard InChI is InChI=1S/C25H37NO6.K/c1-10-30-21(28)25(16(2)3)18(15-20(27)31-23(4,5)6)17-13-11-12-14-19(17)26(25)22(29)32-24(7,8)9;/h11-16,18,27H,10H2,1-9H3;/q;+1/p-1/t18-,25+;/m0./s1. The molecule has 0 radical (unpaired) electrons. The molecule has 0 unspecified atom stereocenters. The molecule has 0 aromatic heterocycles. The van der Waals surface area contributed by atoms with Gasteiger partial charge in [0.25, 0.3) is 0 Å². The minimum absolute atomic E-state index is 0. The summed E-state index contributed by atoms with van der Waals surface area (Å²) in [6.07, 6.45) is 0.706. The maximum Gasteiger partial charge on any atom is 1.00 e. The number of nitrogens with zero attached hydrogens (tertiary/aromatic N) is 1. The summed E-state index contributed by atoms with van der Waals surface area (Å²) in [7, 11) is 0. The van der Waals surface area contributed by atoms with Gasteiger partial charge in [-0.05, 0) is 45.2 Å². The van der Waals surface area contributed by atoms with E-state index >= 15 is 0 Å². The van der Waals surface area contributed by atoms with E-state index in [2.05, 4.69) is 0 Å². The molecule has 0 fully saturated rings. The van der Waals surface area contributed by atoms with Crippen LogP contribution in [0.25, 0.3) is 0 Å². The number of carbonyl (C=O) groups is 2. The molecule has 0 saturated carbocycles. The number of fused-ring (bicyclic) bond motifs is 1. The van der Waals surface area contributed by atoms with Crippen molar-refractivity contribution < 1.29 is 80.3 Å². The zero-order valence-electron chi connectivity index (χ0n) is 21.6. The zero-order valence-corrected chi connectivity index (χ0v) is 24.8. The van der Waals surface area contributed by atoms with Crippen molar-refractivity contribution in [1.82, 2.24) is 0 Å². The monoisotopic (exact) mass is 485 g/mol. The van der Waals surface area contributed by atoms with Crippen molar-refractivity contribution in [1.29, 1.82) is 0 Å². The van der Waals surface area contributed by atoms with Gasteiger partial charge in [0.05, 0.1) is 12.3 Å². The Morgan fingerprint density at radius 1 is 1.09 bits per heavy atom. The van der Waals surface area contributed by atoms with Crippen LogP contribution in [0.3, 0.4) is 0 Å². The van der Waals surface area contributed by atoms with E-state index in [0.29, 0.717) is 11.3 Å². The van der Waals surface area contributed by atoms with Gasteiger partial charge in [0.2, 0.25) is 0 Å². The molecule has 0 bridgehead atoms. The van der Waals surface area contributed by atoms with Crippen LogP contribution in [0.2, 0.25) is 0 Å². The molecule has 7 nitrogen and oxygen atoms in total. The Bertz CT molecular complexity index is 884. The molecular formula is C25H36KNO6. The molecule has 1 heterocycles. The van der Waals surface area contributed by atoms with Gasteiger partial charge in [0, 0.05) is 17.5 Å². The third kappa shape index (κ3) is 6.54. The van der Waals surface area contributed by atoms with Gasteiger partial charge >= 0.3 is 63.4 Å². The Balaban J connectivity index is 0.00000544. The Labute approximate surface area is 240 Å². The number of amides is 1. The van der Waals surface area contributed by atoms with Crippen molar-refractivity contribution in [3.63, 3.8) is 0 Å². The largest absolute Gasteiger partial charge is 1.00 e. The summed E-state index contributed by atoms with van der Waals surface area (Å²) < 4.78 is 16.7. The second-order valence-corrected chi connectivity index (χ2v) is 10.3. The number of hydrogen-bond acceptors (Lipinski definition) is 6. The van der Waals surface area contributed by atoms with Crippen molar-refractivity contribution in [3.8, 4) is 0 Å². The second kappa shape index (κ2) is 11.1. The fourth-order valence-corrected chi connectivity index (χ4v) is 4.09. The Hall–Kier alpha value is -1.06. The first-order valence-corrected chi connectivity index (χ1v) is 11.0. The summed E-state index contributed by atoms with van der Waals surface area (Å²) in [6, 6.07) is 7.14. The van der Waals surface area contributed by atoms with Gasteiger partial charge in [-0.15, -0.1) is 0 Å². The van der Waals surface area contributed by atoms with Crippen LogP contribution in [0.15, 0.2) is 36.3 Å². The number of benzene rings is 1. The summed E-state index contributed by atoms with van der Waals surface area (Å²) >= 11 is 0. The SMILES string of the molecule is CCOC(=O)[C@@]1(C(C)C)[C@@H](C=C([O-])OC(C)(C)C)c2ccccc2N1C(=O)OC(C)(C)C.[K+]. The number of hydrogen-bond donors (Lipinski definition) is 0. The van der Waals surface area contributed by atoms with E-state index < -0.39 is 46.6 Å². The van der Waals surface area contributed by atoms with Gasteiger partial charge in [-0.25, -0.2) is 9.59 Å². The van der Waals surface area contributed by atoms with Crippen molar-refractivity contribution in [2.45, 2.75) is 85.0 Å². The van der Waals surface area contributed by atoms with E-state index in [1.165, 1.54) is 11.0 Å². The Morgan fingerprint density at radius 2 is 1.64 bits per heavy atom. The molecule has 0 N–H and O–H groups in total. The summed E-state index contributed by atoms with van der Waals surface area (Å²) in [6.45, 7) is 16.1. The number of para-hydroxylation sites is 1. The Kier molecular flexibility index (Phi) is 10.1. The topological polar surface area (TPSA) is 88.1 Å². The zero-order chi connectivity index (χ0) is 24.5. The van der Waals surface area contributed by atoms with Gasteiger partial charge in [0.15, 0.2) is 5.54 Å². The van der Waals surface area contributed by atoms with E-state index in [4.69, 9.17) is 14.2 Å². The molecule has 0 aliphatic carbocycles. The fraction of sp³-hybridized carbons (Fsp3) is 0.600. The molecule has 1 aliphatic rings. The molecule has 0 spiro atoms. The molecule has 178 valence electrons. The van der Waals surface area contributed by atoms with Crippen molar-refractivity contribution in [2.75, 3.05) is 11.5 Å². The van der Waals surface area contributed by atoms with Crippen LogP contribution in [0.4, 0.5) is 10.5 Å². The van der Waals surface area contributed by atoms with E-state index in [1.54, 1.807) is 60.6 Å². The van der Waals surface area contributed by atoms with Crippen LogP contribution >= 0.6 is 0 Å². The molecule has 1 amide bonds. The maximum atomic E-state index is 13.6. The number of rotatable bonds is 5. The average molecular weight is 486 g/mol. The molecule has 33 heavy (non-hydrogen) atoms. The summed E-state index contributed by atoms with van der Waals surface area (Å²) in [4.78, 5) is 28.4. The molecule has 1 aliphatic heterocycles. The quantitative estimate of drug-likeness (QED) is 0.357. The van der Waals surface area contributed by atoms with Crippen LogP contribution in [-0.4, -0.2) is 35.4 Å². The van der Waals surface area contributed by atoms with E-state index in [9.17, 15) is 14.7 Å². The third-order valence-electron chi connectivity index (χ3n) is 5.13. The number of ether oxygens (including phenoxy) is 3. The van der Waals surface area contributed by atoms with Gasteiger partial charge in [0.1, 0.15) is 5.60 Å². The van der Waals surface area contributed by atoms with Crippen LogP contribution in [0.5, 0.6) is 0 Å². The number of carbonyl (C=O) groups excluding carboxylic acids is 2. The fourth-order valence-electron chi connectivity index (χ4n) is 4.09. The predicted molar refractivity (Wildman–Crippen MR) is 121 cm³/mol. The Morgan fingerprint density at radius 3 is 2.12 bits per heavy atom. The first kappa shape index (κ1) is 30.0. The van der Waals surface area contributed by atoms with Crippen LogP contribution in [-0.2, 0) is 19.0 Å². The van der Waals surface area contributed by atoms with E-state index in [-0.39, 0.29) is 58.0 Å². The van der Waals surface area contributed by atoms with Gasteiger partial charge < -0.3 is 19.3 Å². The minimum Gasteiger partial charge on any atom is -0.608 e. The number of anilines is 1. The van der Waals surface area contributed by atoms with Crippen molar-refractivity contribution in [2.24, 2.45) is 5.92 Å². The van der Waals surface area contributed by atoms with Crippen LogP contribution < -0.4 is 61.4 Å². The molecular weight excluding hydrogens is 449 g/mol. The first-order valence-electron chi connectivity index (χ1n) is 11.0. The molecule has 1 aromatic rings. The molecule has 2 rings (SSSR count). The normalized spacial score (nSPS) is 20.7. The van der Waals surface area contributed by atoms with Crippen molar-refractivity contribution >= 4 is 17.7 Å². The average Bonchev–Trinajstić information content (AvgIpc) is 2.90. The van der Waals surface area contributed by atoms with Crippen molar-refractivity contribution in [3.05, 3.63) is 41.9 Å².